The summed E-state index contributed by atoms with van der Waals surface area (Å²) in [5.41, 5.74) is 9.76. The number of nitrogens with zero attached hydrogens (tertiary/aromatic N) is 1. The summed E-state index contributed by atoms with van der Waals surface area (Å²) < 4.78 is 0.182. The van der Waals surface area contributed by atoms with Crippen molar-refractivity contribution in [3.63, 3.8) is 0 Å². The van der Waals surface area contributed by atoms with E-state index in [2.05, 4.69) is 0 Å². The van der Waals surface area contributed by atoms with Crippen molar-refractivity contribution in [2.24, 2.45) is 5.84 Å². The van der Waals surface area contributed by atoms with Crippen molar-refractivity contribution < 1.29 is 0 Å². The summed E-state index contributed by atoms with van der Waals surface area (Å²) in [4.78, 5) is 0. The Morgan fingerprint density at radius 2 is 1.65 bits per heavy atom. The van der Waals surface area contributed by atoms with Crippen molar-refractivity contribution >= 4 is 23.1 Å². The maximum Gasteiger partial charge on any atom is 0.171 e. The predicted molar refractivity (Wildman–Crippen MR) is 72.0 cm³/mol. The molecule has 84 valence electrons. The lowest BCUT2D eigenvalue weighted by molar-refractivity contribution is 0.545. The zero-order valence-electron chi connectivity index (χ0n) is 9.38. The van der Waals surface area contributed by atoms with Crippen LogP contribution in [0.5, 0.6) is 0 Å². The molecule has 0 spiro atoms. The van der Waals surface area contributed by atoms with Gasteiger partial charge in [0.1, 0.15) is 6.20 Å². The van der Waals surface area contributed by atoms with E-state index in [1.54, 1.807) is 0 Å². The predicted octanol–water partition coefficient (Wildman–Crippen LogP) is 2.77. The van der Waals surface area contributed by atoms with Crippen molar-refractivity contribution in [1.82, 2.24) is 4.59 Å². The second kappa shape index (κ2) is 3.45. The minimum Gasteiger partial charge on any atom is -0.398 e. The molecule has 3 nitrogen and oxygen atoms in total. The number of hydrogen-bond acceptors (Lipinski definition) is 2. The van der Waals surface area contributed by atoms with Crippen LogP contribution < -0.4 is 16.2 Å². The molecule has 0 saturated carbocycles. The first-order chi connectivity index (χ1) is 8.22. The highest BCUT2D eigenvalue weighted by atomic mass is 15.6. The van der Waals surface area contributed by atoms with Gasteiger partial charge in [-0.2, -0.15) is 10.4 Å². The molecule has 1 unspecified atom stereocenters. The fraction of sp³-hybridized carbons (Fsp3) is 0. The lowest BCUT2D eigenvalue weighted by Crippen LogP contribution is -2.44. The lowest BCUT2D eigenvalue weighted by atomic mass is 10.1. The largest absolute Gasteiger partial charge is 0.398 e. The van der Waals surface area contributed by atoms with E-state index in [0.29, 0.717) is 0 Å². The van der Waals surface area contributed by atoms with Gasteiger partial charge in [-0.3, -0.25) is 0 Å². The zero-order valence-corrected chi connectivity index (χ0v) is 9.38. The van der Waals surface area contributed by atoms with Crippen molar-refractivity contribution in [3.05, 3.63) is 60.3 Å². The molecule has 2 aromatic rings. The third kappa shape index (κ3) is 1.37. The Labute approximate surface area is 100 Å². The first-order valence-corrected chi connectivity index (χ1v) is 5.53. The molecule has 0 aromatic heterocycles. The van der Waals surface area contributed by atoms with Gasteiger partial charge in [-0.1, -0.05) is 24.3 Å². The molecule has 0 fully saturated rings. The third-order valence-corrected chi connectivity index (χ3v) is 3.18. The van der Waals surface area contributed by atoms with Crippen molar-refractivity contribution in [2.45, 2.75) is 0 Å². The van der Waals surface area contributed by atoms with Crippen molar-refractivity contribution in [3.8, 4) is 0 Å². The highest BCUT2D eigenvalue weighted by Gasteiger charge is 2.34. The van der Waals surface area contributed by atoms with Gasteiger partial charge in [-0.05, 0) is 6.07 Å². The molecular formula is C14H14N3+. The Morgan fingerprint density at radius 3 is 2.41 bits per heavy atom. The number of anilines is 1. The Hall–Kier alpha value is -2.10. The summed E-state index contributed by atoms with van der Waals surface area (Å²) in [5.74, 6) is 6.46. The summed E-state index contributed by atoms with van der Waals surface area (Å²) in [6, 6.07) is 15.8. The topological polar surface area (TPSA) is 52.0 Å². The van der Waals surface area contributed by atoms with Crippen molar-refractivity contribution in [1.29, 1.82) is 0 Å². The number of hydrogen-bond donors (Lipinski definition) is 2. The van der Waals surface area contributed by atoms with E-state index in [0.717, 1.165) is 22.6 Å². The monoisotopic (exact) mass is 224 g/mol. The Kier molecular flexibility index (Phi) is 2.04. The average Bonchev–Trinajstić information content (AvgIpc) is 2.72. The minimum atomic E-state index is 0.182. The molecule has 0 bridgehead atoms. The lowest BCUT2D eigenvalue weighted by Gasteiger charge is -2.25. The third-order valence-electron chi connectivity index (χ3n) is 3.18. The quantitative estimate of drug-likeness (QED) is 0.444. The second-order valence-corrected chi connectivity index (χ2v) is 4.21. The maximum atomic E-state index is 6.46. The Balaban J connectivity index is 2.22. The van der Waals surface area contributed by atoms with Crippen LogP contribution in [0.1, 0.15) is 5.56 Å². The molecule has 3 rings (SSSR count). The van der Waals surface area contributed by atoms with Gasteiger partial charge in [-0.25, -0.2) is 0 Å². The van der Waals surface area contributed by atoms with Crippen LogP contribution in [0.15, 0.2) is 54.7 Å². The molecule has 0 saturated heterocycles. The van der Waals surface area contributed by atoms with Gasteiger partial charge in [0.15, 0.2) is 11.4 Å². The molecule has 3 heteroatoms. The molecule has 4 N–H and O–H groups in total. The number of nitrogen functional groups attached to an aromatic ring is 1. The van der Waals surface area contributed by atoms with Crippen LogP contribution >= 0.6 is 0 Å². The van der Waals surface area contributed by atoms with Crippen molar-refractivity contribution in [2.75, 3.05) is 5.73 Å². The maximum absolute atomic E-state index is 6.46. The van der Waals surface area contributed by atoms with E-state index >= 15 is 0 Å². The van der Waals surface area contributed by atoms with Gasteiger partial charge >= 0.3 is 0 Å². The molecule has 1 aliphatic rings. The standard InChI is InChI=1S/C14H14N3/c15-13-7-4-8-14-12(13)9-10-17(14,16)11-5-2-1-3-6-11/h1-10H,15-16H2/q+1. The molecule has 0 amide bonds. The van der Waals surface area contributed by atoms with E-state index in [1.807, 2.05) is 60.8 Å². The molecule has 1 aliphatic heterocycles. The van der Waals surface area contributed by atoms with Gasteiger partial charge in [-0.15, -0.1) is 0 Å². The zero-order chi connectivity index (χ0) is 11.9. The highest BCUT2D eigenvalue weighted by molar-refractivity contribution is 5.84. The van der Waals surface area contributed by atoms with Crippen LogP contribution in [0.2, 0.25) is 0 Å². The first kappa shape index (κ1) is 10.1. The molecule has 1 atom stereocenters. The summed E-state index contributed by atoms with van der Waals surface area (Å²) in [5, 5.41) is 0. The van der Waals surface area contributed by atoms with Gasteiger partial charge < -0.3 is 5.73 Å². The second-order valence-electron chi connectivity index (χ2n) is 4.21. The number of quaternary nitrogens is 1. The molecule has 2 aromatic carbocycles. The molecule has 17 heavy (non-hydrogen) atoms. The first-order valence-electron chi connectivity index (χ1n) is 5.53. The molecule has 0 aliphatic carbocycles. The molecule has 1 heterocycles. The van der Waals surface area contributed by atoms with Crippen LogP contribution in [-0.2, 0) is 0 Å². The van der Waals surface area contributed by atoms with Gasteiger partial charge in [0, 0.05) is 30.0 Å². The van der Waals surface area contributed by atoms with Crippen LogP contribution in [0.4, 0.5) is 17.1 Å². The fourth-order valence-corrected chi connectivity index (χ4v) is 2.25. The van der Waals surface area contributed by atoms with Crippen LogP contribution in [0.3, 0.4) is 0 Å². The Bertz CT molecular complexity index is 590. The van der Waals surface area contributed by atoms with E-state index in [4.69, 9.17) is 11.6 Å². The van der Waals surface area contributed by atoms with Crippen LogP contribution in [-0.4, -0.2) is 0 Å². The summed E-state index contributed by atoms with van der Waals surface area (Å²) in [6.07, 6.45) is 3.94. The van der Waals surface area contributed by atoms with Gasteiger partial charge in [0.2, 0.25) is 0 Å². The Morgan fingerprint density at radius 1 is 0.882 bits per heavy atom. The average molecular weight is 224 g/mol. The number of fused-ring (bicyclic) bond motifs is 1. The SMILES string of the molecule is Nc1cccc2c1C=C[N+]2(N)c1ccccc1. The van der Waals surface area contributed by atoms with Crippen LogP contribution in [0.25, 0.3) is 6.08 Å². The van der Waals surface area contributed by atoms with E-state index < -0.39 is 0 Å². The normalized spacial score (nSPS) is 21.5. The number of rotatable bonds is 1. The van der Waals surface area contributed by atoms with E-state index in [9.17, 15) is 0 Å². The fourth-order valence-electron chi connectivity index (χ4n) is 2.25. The molecular weight excluding hydrogens is 210 g/mol. The highest BCUT2D eigenvalue weighted by Crippen LogP contribution is 2.41. The van der Waals surface area contributed by atoms with E-state index in [1.165, 1.54) is 0 Å². The van der Waals surface area contributed by atoms with Gasteiger partial charge in [0.25, 0.3) is 0 Å². The van der Waals surface area contributed by atoms with Gasteiger partial charge in [0.05, 0.1) is 5.56 Å². The summed E-state index contributed by atoms with van der Waals surface area (Å²) >= 11 is 0. The number of benzene rings is 2. The number of para-hydroxylation sites is 1. The summed E-state index contributed by atoms with van der Waals surface area (Å²) in [6.45, 7) is 0. The summed E-state index contributed by atoms with van der Waals surface area (Å²) in [7, 11) is 0. The van der Waals surface area contributed by atoms with E-state index in [-0.39, 0.29) is 4.59 Å². The van der Waals surface area contributed by atoms with Crippen LogP contribution in [0, 0.1) is 0 Å². The molecule has 0 radical (unpaired) electrons. The number of nitrogens with two attached hydrogens (primary N) is 2. The smallest absolute Gasteiger partial charge is 0.171 e. The minimum absolute atomic E-state index is 0.182.